The van der Waals surface area contributed by atoms with Gasteiger partial charge in [0.25, 0.3) is 0 Å². The van der Waals surface area contributed by atoms with Crippen molar-refractivity contribution in [1.29, 1.82) is 0 Å². The molecule has 0 aromatic carbocycles. The van der Waals surface area contributed by atoms with Crippen LogP contribution in [0, 0.1) is 11.8 Å². The van der Waals surface area contributed by atoms with Gasteiger partial charge in [0.1, 0.15) is 0 Å². The van der Waals surface area contributed by atoms with Gasteiger partial charge in [-0.05, 0) is 38.5 Å². The van der Waals surface area contributed by atoms with Crippen molar-refractivity contribution in [2.75, 3.05) is 13.1 Å². The first kappa shape index (κ1) is 16.3. The van der Waals surface area contributed by atoms with Gasteiger partial charge < -0.3 is 5.32 Å². The number of hydrogen-bond acceptors (Lipinski definition) is 2. The molecule has 2 rings (SSSR count). The fourth-order valence-corrected chi connectivity index (χ4v) is 4.57. The Hall–Kier alpha value is -0.0800. The molecule has 3 atom stereocenters. The summed E-state index contributed by atoms with van der Waals surface area (Å²) in [4.78, 5) is 2.81. The lowest BCUT2D eigenvalue weighted by Crippen LogP contribution is -2.61. The Morgan fingerprint density at radius 1 is 1.10 bits per heavy atom. The van der Waals surface area contributed by atoms with E-state index in [9.17, 15) is 0 Å². The second-order valence-electron chi connectivity index (χ2n) is 7.28. The Morgan fingerprint density at radius 3 is 2.35 bits per heavy atom. The lowest BCUT2D eigenvalue weighted by atomic mass is 9.82. The summed E-state index contributed by atoms with van der Waals surface area (Å²) in [5.74, 6) is 1.80. The Kier molecular flexibility index (Phi) is 6.35. The van der Waals surface area contributed by atoms with Gasteiger partial charge in [0.05, 0.1) is 0 Å². The molecule has 0 aromatic heterocycles. The highest BCUT2D eigenvalue weighted by atomic mass is 15.3. The third kappa shape index (κ3) is 3.76. The summed E-state index contributed by atoms with van der Waals surface area (Å²) in [6.07, 6.45) is 9.94. The fourth-order valence-electron chi connectivity index (χ4n) is 4.57. The van der Waals surface area contributed by atoms with Crippen LogP contribution >= 0.6 is 0 Å². The standard InChI is InChI=1S/C18H36N2/c1-5-16(6-2)15(4)20-13-18(19-12-14(20)3)17-10-8-7-9-11-17/h14-19H,5-13H2,1-4H3. The van der Waals surface area contributed by atoms with Crippen molar-refractivity contribution in [3.05, 3.63) is 0 Å². The predicted molar refractivity (Wildman–Crippen MR) is 88.1 cm³/mol. The van der Waals surface area contributed by atoms with Crippen LogP contribution < -0.4 is 5.32 Å². The first-order chi connectivity index (χ1) is 9.67. The fraction of sp³-hybridized carbons (Fsp3) is 1.00. The minimum atomic E-state index is 0.699. The maximum Gasteiger partial charge on any atom is 0.0224 e. The Labute approximate surface area is 126 Å². The van der Waals surface area contributed by atoms with Crippen LogP contribution in [0.15, 0.2) is 0 Å². The van der Waals surface area contributed by atoms with Crippen molar-refractivity contribution in [2.45, 2.75) is 90.8 Å². The molecular formula is C18H36N2. The molecule has 1 heterocycles. The molecular weight excluding hydrogens is 244 g/mol. The molecule has 2 nitrogen and oxygen atoms in total. The van der Waals surface area contributed by atoms with E-state index in [-0.39, 0.29) is 0 Å². The predicted octanol–water partition coefficient (Wildman–Crippen LogP) is 4.05. The van der Waals surface area contributed by atoms with E-state index in [0.29, 0.717) is 6.04 Å². The van der Waals surface area contributed by atoms with Crippen molar-refractivity contribution in [3.63, 3.8) is 0 Å². The number of piperazine rings is 1. The van der Waals surface area contributed by atoms with Gasteiger partial charge in [-0.3, -0.25) is 4.90 Å². The van der Waals surface area contributed by atoms with E-state index in [4.69, 9.17) is 0 Å². The van der Waals surface area contributed by atoms with Crippen LogP contribution in [0.1, 0.15) is 72.6 Å². The summed E-state index contributed by atoms with van der Waals surface area (Å²) in [6.45, 7) is 12.1. The number of hydrogen-bond donors (Lipinski definition) is 1. The van der Waals surface area contributed by atoms with E-state index in [0.717, 1.165) is 23.9 Å². The summed E-state index contributed by atoms with van der Waals surface area (Å²) < 4.78 is 0. The average molecular weight is 280 g/mol. The molecule has 0 aromatic rings. The van der Waals surface area contributed by atoms with E-state index in [1.165, 1.54) is 58.0 Å². The highest BCUT2D eigenvalue weighted by Gasteiger charge is 2.34. The SMILES string of the molecule is CCC(CC)C(C)N1CC(C2CCCCC2)NCC1C. The minimum Gasteiger partial charge on any atom is -0.311 e. The molecule has 3 unspecified atom stereocenters. The Bertz CT molecular complexity index is 269. The van der Waals surface area contributed by atoms with Crippen molar-refractivity contribution in [3.8, 4) is 0 Å². The molecule has 0 bridgehead atoms. The summed E-state index contributed by atoms with van der Waals surface area (Å²) >= 11 is 0. The number of rotatable bonds is 5. The van der Waals surface area contributed by atoms with Crippen molar-refractivity contribution < 1.29 is 0 Å². The molecule has 0 radical (unpaired) electrons. The van der Waals surface area contributed by atoms with Crippen molar-refractivity contribution in [2.24, 2.45) is 11.8 Å². The molecule has 2 aliphatic rings. The Balaban J connectivity index is 1.96. The van der Waals surface area contributed by atoms with Gasteiger partial charge in [-0.25, -0.2) is 0 Å². The zero-order chi connectivity index (χ0) is 14.5. The van der Waals surface area contributed by atoms with Gasteiger partial charge in [-0.2, -0.15) is 0 Å². The smallest absolute Gasteiger partial charge is 0.0224 e. The first-order valence-corrected chi connectivity index (χ1v) is 9.16. The van der Waals surface area contributed by atoms with Crippen LogP contribution in [-0.2, 0) is 0 Å². The molecule has 0 amide bonds. The van der Waals surface area contributed by atoms with E-state index >= 15 is 0 Å². The van der Waals surface area contributed by atoms with Gasteiger partial charge >= 0.3 is 0 Å². The topological polar surface area (TPSA) is 15.3 Å². The van der Waals surface area contributed by atoms with Gasteiger partial charge in [-0.1, -0.05) is 46.0 Å². The normalized spacial score (nSPS) is 31.6. The van der Waals surface area contributed by atoms with Crippen molar-refractivity contribution in [1.82, 2.24) is 10.2 Å². The van der Waals surface area contributed by atoms with Gasteiger partial charge in [0, 0.05) is 31.2 Å². The lowest BCUT2D eigenvalue weighted by Gasteiger charge is -2.47. The molecule has 2 fully saturated rings. The lowest BCUT2D eigenvalue weighted by molar-refractivity contribution is 0.0459. The zero-order valence-electron chi connectivity index (χ0n) is 14.2. The summed E-state index contributed by atoms with van der Waals surface area (Å²) in [7, 11) is 0. The second-order valence-corrected chi connectivity index (χ2v) is 7.28. The zero-order valence-corrected chi connectivity index (χ0v) is 14.2. The first-order valence-electron chi connectivity index (χ1n) is 9.16. The Morgan fingerprint density at radius 2 is 1.75 bits per heavy atom. The van der Waals surface area contributed by atoms with E-state index in [2.05, 4.69) is 37.9 Å². The van der Waals surface area contributed by atoms with Crippen LogP contribution in [0.3, 0.4) is 0 Å². The molecule has 20 heavy (non-hydrogen) atoms. The van der Waals surface area contributed by atoms with Gasteiger partial charge in [0.15, 0.2) is 0 Å². The largest absolute Gasteiger partial charge is 0.311 e. The summed E-state index contributed by atoms with van der Waals surface area (Å²) in [6, 6.07) is 2.20. The maximum atomic E-state index is 3.86. The molecule has 1 aliphatic heterocycles. The molecule has 1 saturated carbocycles. The van der Waals surface area contributed by atoms with E-state index < -0.39 is 0 Å². The van der Waals surface area contributed by atoms with Crippen LogP contribution in [-0.4, -0.2) is 36.1 Å². The third-order valence-electron chi connectivity index (χ3n) is 6.12. The van der Waals surface area contributed by atoms with Crippen LogP contribution in [0.5, 0.6) is 0 Å². The second kappa shape index (κ2) is 7.79. The van der Waals surface area contributed by atoms with Crippen LogP contribution in [0.4, 0.5) is 0 Å². The highest BCUT2D eigenvalue weighted by molar-refractivity contribution is 4.92. The molecule has 1 saturated heterocycles. The highest BCUT2D eigenvalue weighted by Crippen LogP contribution is 2.30. The molecule has 2 heteroatoms. The van der Waals surface area contributed by atoms with Gasteiger partial charge in [0.2, 0.25) is 0 Å². The minimum absolute atomic E-state index is 0.699. The molecule has 118 valence electrons. The monoisotopic (exact) mass is 280 g/mol. The summed E-state index contributed by atoms with van der Waals surface area (Å²) in [5, 5.41) is 3.86. The molecule has 1 aliphatic carbocycles. The van der Waals surface area contributed by atoms with Gasteiger partial charge in [-0.15, -0.1) is 0 Å². The number of nitrogens with one attached hydrogen (secondary N) is 1. The quantitative estimate of drug-likeness (QED) is 0.817. The maximum absolute atomic E-state index is 3.86. The third-order valence-corrected chi connectivity index (χ3v) is 6.12. The van der Waals surface area contributed by atoms with E-state index in [1.54, 1.807) is 0 Å². The molecule has 1 N–H and O–H groups in total. The van der Waals surface area contributed by atoms with Crippen LogP contribution in [0.25, 0.3) is 0 Å². The molecule has 0 spiro atoms. The van der Waals surface area contributed by atoms with Crippen LogP contribution in [0.2, 0.25) is 0 Å². The average Bonchev–Trinajstić information content (AvgIpc) is 2.49. The summed E-state index contributed by atoms with van der Waals surface area (Å²) in [5.41, 5.74) is 0. The van der Waals surface area contributed by atoms with Crippen molar-refractivity contribution >= 4 is 0 Å². The number of nitrogens with zero attached hydrogens (tertiary/aromatic N) is 1. The van der Waals surface area contributed by atoms with E-state index in [1.807, 2.05) is 0 Å².